The molecule has 0 radical (unpaired) electrons. The standard InChI is InChI=1S/C15H16N2O4S/c1-10-16-14(22-17-10)6-4-11-3-5-12(13(9-11)20-2)21-8-7-15(18)19/h3-6,9H,7-8H2,1-2H3,(H,18,19). The lowest BCUT2D eigenvalue weighted by molar-refractivity contribution is -0.137. The van der Waals surface area contributed by atoms with Crippen molar-refractivity contribution in [1.82, 2.24) is 9.36 Å². The molecule has 0 amide bonds. The van der Waals surface area contributed by atoms with Crippen molar-refractivity contribution in [1.29, 1.82) is 0 Å². The predicted octanol–water partition coefficient (Wildman–Crippen LogP) is 2.88. The number of carbonyl (C=O) groups is 1. The number of rotatable bonds is 7. The van der Waals surface area contributed by atoms with Crippen LogP contribution in [0.2, 0.25) is 0 Å². The fourth-order valence-corrected chi connectivity index (χ4v) is 2.27. The van der Waals surface area contributed by atoms with Crippen molar-refractivity contribution < 1.29 is 19.4 Å². The molecule has 1 heterocycles. The number of nitrogens with zero attached hydrogens (tertiary/aromatic N) is 2. The summed E-state index contributed by atoms with van der Waals surface area (Å²) < 4.78 is 14.8. The topological polar surface area (TPSA) is 81.5 Å². The Balaban J connectivity index is 2.07. The van der Waals surface area contributed by atoms with Crippen molar-refractivity contribution in [3.05, 3.63) is 34.6 Å². The smallest absolute Gasteiger partial charge is 0.306 e. The third-order valence-electron chi connectivity index (χ3n) is 2.72. The monoisotopic (exact) mass is 320 g/mol. The fourth-order valence-electron chi connectivity index (χ4n) is 1.70. The number of hydrogen-bond donors (Lipinski definition) is 1. The maximum atomic E-state index is 10.5. The molecule has 0 bridgehead atoms. The highest BCUT2D eigenvalue weighted by atomic mass is 32.1. The maximum absolute atomic E-state index is 10.5. The SMILES string of the molecule is COc1cc(C=Cc2nc(C)ns2)ccc1OCCC(=O)O. The van der Waals surface area contributed by atoms with E-state index in [0.29, 0.717) is 11.5 Å². The Morgan fingerprint density at radius 2 is 2.18 bits per heavy atom. The Bertz CT molecular complexity index is 682. The Kier molecular flexibility index (Phi) is 5.48. The van der Waals surface area contributed by atoms with Gasteiger partial charge in [-0.25, -0.2) is 4.98 Å². The van der Waals surface area contributed by atoms with Crippen molar-refractivity contribution in [3.63, 3.8) is 0 Å². The minimum atomic E-state index is -0.897. The first-order chi connectivity index (χ1) is 10.6. The Morgan fingerprint density at radius 1 is 1.36 bits per heavy atom. The van der Waals surface area contributed by atoms with Gasteiger partial charge in [0.15, 0.2) is 11.5 Å². The summed E-state index contributed by atoms with van der Waals surface area (Å²) in [4.78, 5) is 14.7. The highest BCUT2D eigenvalue weighted by Crippen LogP contribution is 2.29. The first kappa shape index (κ1) is 16.0. The van der Waals surface area contributed by atoms with E-state index in [0.717, 1.165) is 16.4 Å². The molecule has 0 aliphatic rings. The van der Waals surface area contributed by atoms with Gasteiger partial charge in [-0.3, -0.25) is 4.79 Å². The Hall–Kier alpha value is -2.41. The Labute approximate surface area is 132 Å². The molecule has 2 rings (SSSR count). The second kappa shape index (κ2) is 7.56. The van der Waals surface area contributed by atoms with Crippen LogP contribution in [0.25, 0.3) is 12.2 Å². The van der Waals surface area contributed by atoms with E-state index in [1.807, 2.05) is 31.2 Å². The summed E-state index contributed by atoms with van der Waals surface area (Å²) >= 11 is 1.34. The molecule has 0 fully saturated rings. The van der Waals surface area contributed by atoms with Gasteiger partial charge < -0.3 is 14.6 Å². The van der Waals surface area contributed by atoms with Crippen LogP contribution in [-0.2, 0) is 4.79 Å². The van der Waals surface area contributed by atoms with Gasteiger partial charge in [0, 0.05) is 0 Å². The van der Waals surface area contributed by atoms with Gasteiger partial charge >= 0.3 is 5.97 Å². The van der Waals surface area contributed by atoms with Crippen LogP contribution < -0.4 is 9.47 Å². The van der Waals surface area contributed by atoms with Crippen LogP contribution in [0.4, 0.5) is 0 Å². The summed E-state index contributed by atoms with van der Waals surface area (Å²) in [6.07, 6.45) is 3.73. The maximum Gasteiger partial charge on any atom is 0.306 e. The number of ether oxygens (including phenoxy) is 2. The predicted molar refractivity (Wildman–Crippen MR) is 84.3 cm³/mol. The van der Waals surface area contributed by atoms with E-state index in [1.54, 1.807) is 13.2 Å². The lowest BCUT2D eigenvalue weighted by atomic mass is 10.2. The van der Waals surface area contributed by atoms with Crippen molar-refractivity contribution >= 4 is 29.7 Å². The van der Waals surface area contributed by atoms with E-state index in [2.05, 4.69) is 9.36 Å². The molecule has 0 atom stereocenters. The summed E-state index contributed by atoms with van der Waals surface area (Å²) in [5.74, 6) is 0.934. The van der Waals surface area contributed by atoms with Gasteiger partial charge in [-0.05, 0) is 42.2 Å². The van der Waals surface area contributed by atoms with E-state index in [-0.39, 0.29) is 13.0 Å². The number of aryl methyl sites for hydroxylation is 1. The van der Waals surface area contributed by atoms with Crippen LogP contribution in [0.1, 0.15) is 22.8 Å². The van der Waals surface area contributed by atoms with Crippen LogP contribution in [-0.4, -0.2) is 34.2 Å². The lowest BCUT2D eigenvalue weighted by Crippen LogP contribution is -2.05. The molecule has 7 heteroatoms. The van der Waals surface area contributed by atoms with Crippen molar-refractivity contribution in [2.45, 2.75) is 13.3 Å². The highest BCUT2D eigenvalue weighted by molar-refractivity contribution is 7.06. The van der Waals surface area contributed by atoms with Crippen LogP contribution in [0.3, 0.4) is 0 Å². The molecule has 1 aromatic heterocycles. The van der Waals surface area contributed by atoms with Gasteiger partial charge in [-0.1, -0.05) is 12.1 Å². The quantitative estimate of drug-likeness (QED) is 0.845. The van der Waals surface area contributed by atoms with Crippen molar-refractivity contribution in [2.24, 2.45) is 0 Å². The van der Waals surface area contributed by atoms with Gasteiger partial charge in [0.1, 0.15) is 10.8 Å². The molecular weight excluding hydrogens is 304 g/mol. The fraction of sp³-hybridized carbons (Fsp3) is 0.267. The van der Waals surface area contributed by atoms with E-state index in [4.69, 9.17) is 14.6 Å². The molecule has 1 N–H and O–H groups in total. The number of benzene rings is 1. The van der Waals surface area contributed by atoms with Crippen LogP contribution in [0, 0.1) is 6.92 Å². The number of carboxylic acids is 1. The zero-order chi connectivity index (χ0) is 15.9. The third kappa shape index (κ3) is 4.56. The lowest BCUT2D eigenvalue weighted by Gasteiger charge is -2.10. The first-order valence-electron chi connectivity index (χ1n) is 6.59. The number of aromatic nitrogens is 2. The third-order valence-corrected chi connectivity index (χ3v) is 3.49. The normalized spacial score (nSPS) is 10.8. The largest absolute Gasteiger partial charge is 0.493 e. The van der Waals surface area contributed by atoms with Gasteiger partial charge in [0.25, 0.3) is 0 Å². The molecule has 0 unspecified atom stereocenters. The number of methoxy groups -OCH3 is 1. The average molecular weight is 320 g/mol. The Morgan fingerprint density at radius 3 is 2.82 bits per heavy atom. The van der Waals surface area contributed by atoms with Crippen LogP contribution in [0.5, 0.6) is 11.5 Å². The number of hydrogen-bond acceptors (Lipinski definition) is 6. The molecule has 1 aromatic carbocycles. The van der Waals surface area contributed by atoms with E-state index >= 15 is 0 Å². The molecule has 116 valence electrons. The molecule has 0 saturated heterocycles. The van der Waals surface area contributed by atoms with E-state index in [9.17, 15) is 4.79 Å². The molecule has 0 aliphatic heterocycles. The molecular formula is C15H16N2O4S. The van der Waals surface area contributed by atoms with Crippen molar-refractivity contribution in [3.8, 4) is 11.5 Å². The molecule has 0 spiro atoms. The van der Waals surface area contributed by atoms with E-state index < -0.39 is 5.97 Å². The second-order valence-corrected chi connectivity index (χ2v) is 5.20. The summed E-state index contributed by atoms with van der Waals surface area (Å²) in [5, 5.41) is 9.44. The zero-order valence-corrected chi connectivity index (χ0v) is 13.1. The highest BCUT2D eigenvalue weighted by Gasteiger charge is 2.06. The number of aliphatic carboxylic acids is 1. The van der Waals surface area contributed by atoms with Gasteiger partial charge in [-0.15, -0.1) is 0 Å². The summed E-state index contributed by atoms with van der Waals surface area (Å²) in [5.41, 5.74) is 0.926. The number of carboxylic acid groups (broad SMARTS) is 1. The first-order valence-corrected chi connectivity index (χ1v) is 7.37. The second-order valence-electron chi connectivity index (χ2n) is 4.42. The zero-order valence-electron chi connectivity index (χ0n) is 12.3. The molecule has 0 aliphatic carbocycles. The van der Waals surface area contributed by atoms with Crippen LogP contribution >= 0.6 is 11.5 Å². The summed E-state index contributed by atoms with van der Waals surface area (Å²) in [7, 11) is 1.54. The van der Waals surface area contributed by atoms with Crippen molar-refractivity contribution in [2.75, 3.05) is 13.7 Å². The van der Waals surface area contributed by atoms with Crippen LogP contribution in [0.15, 0.2) is 18.2 Å². The van der Waals surface area contributed by atoms with Gasteiger partial charge in [0.2, 0.25) is 0 Å². The summed E-state index contributed by atoms with van der Waals surface area (Å²) in [6.45, 7) is 1.95. The average Bonchev–Trinajstić information content (AvgIpc) is 2.91. The minimum Gasteiger partial charge on any atom is -0.493 e. The van der Waals surface area contributed by atoms with Gasteiger partial charge in [0.05, 0.1) is 20.1 Å². The molecule has 22 heavy (non-hydrogen) atoms. The van der Waals surface area contributed by atoms with Gasteiger partial charge in [-0.2, -0.15) is 4.37 Å². The minimum absolute atomic E-state index is 0.0544. The summed E-state index contributed by atoms with van der Waals surface area (Å²) in [6, 6.07) is 5.44. The molecule has 2 aromatic rings. The molecule has 6 nitrogen and oxygen atoms in total. The molecule has 0 saturated carbocycles. The van der Waals surface area contributed by atoms with E-state index in [1.165, 1.54) is 11.5 Å².